The van der Waals surface area contributed by atoms with Crippen LogP contribution in [0.4, 0.5) is 0 Å². The lowest BCUT2D eigenvalue weighted by Gasteiger charge is -2.23. The summed E-state index contributed by atoms with van der Waals surface area (Å²) in [5.41, 5.74) is 0.0591. The number of esters is 2. The van der Waals surface area contributed by atoms with Gasteiger partial charge in [-0.15, -0.1) is 0 Å². The van der Waals surface area contributed by atoms with Crippen molar-refractivity contribution in [2.45, 2.75) is 58.3 Å². The number of carbonyl (C=O) groups excluding carboxylic acids is 3. The molecule has 0 fully saturated rings. The van der Waals surface area contributed by atoms with Crippen molar-refractivity contribution in [3.8, 4) is 0 Å². The van der Waals surface area contributed by atoms with Crippen LogP contribution < -0.4 is 5.32 Å². The Morgan fingerprint density at radius 2 is 1.78 bits per heavy atom. The SMILES string of the molecule is CCOC(=O)[C@H](O)C[C@@H](Cc1ccc(Br)cc1)NC(=O)C(=O)OC(C)(C)C. The van der Waals surface area contributed by atoms with Gasteiger partial charge < -0.3 is 19.9 Å². The Kier molecular flexibility index (Phi) is 8.92. The summed E-state index contributed by atoms with van der Waals surface area (Å²) < 4.78 is 10.7. The van der Waals surface area contributed by atoms with E-state index in [1.54, 1.807) is 27.7 Å². The third kappa shape index (κ3) is 9.01. The number of ether oxygens (including phenoxy) is 2. The number of carbonyl (C=O) groups is 3. The lowest BCUT2D eigenvalue weighted by Crippen LogP contribution is -2.45. The third-order valence-electron chi connectivity index (χ3n) is 3.38. The number of amides is 1. The molecule has 2 N–H and O–H groups in total. The smallest absolute Gasteiger partial charge is 0.397 e. The normalized spacial score (nSPS) is 13.4. The predicted octanol–water partition coefficient (Wildman–Crippen LogP) is 2.13. The van der Waals surface area contributed by atoms with E-state index in [4.69, 9.17) is 9.47 Å². The maximum atomic E-state index is 12.2. The molecule has 1 rings (SSSR count). The number of aliphatic hydroxyl groups excluding tert-OH is 1. The van der Waals surface area contributed by atoms with E-state index in [1.807, 2.05) is 24.3 Å². The number of rotatable bonds is 7. The first-order valence-corrected chi connectivity index (χ1v) is 9.44. The number of hydrogen-bond acceptors (Lipinski definition) is 6. The van der Waals surface area contributed by atoms with Gasteiger partial charge in [-0.3, -0.25) is 4.79 Å². The van der Waals surface area contributed by atoms with E-state index < -0.39 is 35.6 Å². The van der Waals surface area contributed by atoms with Crippen molar-refractivity contribution in [1.29, 1.82) is 0 Å². The molecule has 0 aromatic heterocycles. The molecule has 0 radical (unpaired) electrons. The molecule has 2 atom stereocenters. The lowest BCUT2D eigenvalue weighted by atomic mass is 10.0. The summed E-state index contributed by atoms with van der Waals surface area (Å²) in [6.45, 7) is 6.73. The largest absolute Gasteiger partial charge is 0.464 e. The molecule has 0 aliphatic heterocycles. The molecule has 0 aliphatic rings. The van der Waals surface area contributed by atoms with Crippen LogP contribution in [0.3, 0.4) is 0 Å². The van der Waals surface area contributed by atoms with E-state index in [1.165, 1.54) is 0 Å². The maximum Gasteiger partial charge on any atom is 0.397 e. The Labute approximate surface area is 167 Å². The van der Waals surface area contributed by atoms with Gasteiger partial charge in [0.05, 0.1) is 6.61 Å². The Morgan fingerprint density at radius 3 is 2.30 bits per heavy atom. The first-order valence-electron chi connectivity index (χ1n) is 8.64. The van der Waals surface area contributed by atoms with Crippen molar-refractivity contribution in [3.05, 3.63) is 34.3 Å². The molecule has 0 saturated heterocycles. The van der Waals surface area contributed by atoms with Gasteiger partial charge in [-0.05, 0) is 51.8 Å². The molecule has 0 aliphatic carbocycles. The van der Waals surface area contributed by atoms with Crippen LogP contribution >= 0.6 is 15.9 Å². The van der Waals surface area contributed by atoms with E-state index in [0.29, 0.717) is 6.42 Å². The summed E-state index contributed by atoms with van der Waals surface area (Å²) in [5, 5.41) is 12.6. The molecule has 1 amide bonds. The quantitative estimate of drug-likeness (QED) is 0.494. The summed E-state index contributed by atoms with van der Waals surface area (Å²) in [7, 11) is 0. The lowest BCUT2D eigenvalue weighted by molar-refractivity contribution is -0.163. The van der Waals surface area contributed by atoms with E-state index in [0.717, 1.165) is 10.0 Å². The minimum atomic E-state index is -1.41. The number of halogens is 1. The van der Waals surface area contributed by atoms with E-state index in [-0.39, 0.29) is 13.0 Å². The molecule has 0 spiro atoms. The Hall–Kier alpha value is -1.93. The van der Waals surface area contributed by atoms with Gasteiger partial charge in [-0.1, -0.05) is 28.1 Å². The highest BCUT2D eigenvalue weighted by Crippen LogP contribution is 2.14. The van der Waals surface area contributed by atoms with Gasteiger partial charge in [0.1, 0.15) is 5.60 Å². The first kappa shape index (κ1) is 23.1. The Balaban J connectivity index is 2.85. The topological polar surface area (TPSA) is 102 Å². The molecule has 8 heteroatoms. The van der Waals surface area contributed by atoms with Crippen molar-refractivity contribution in [3.63, 3.8) is 0 Å². The van der Waals surface area contributed by atoms with Gasteiger partial charge in [-0.2, -0.15) is 0 Å². The van der Waals surface area contributed by atoms with Crippen LogP contribution in [0.1, 0.15) is 39.7 Å². The van der Waals surface area contributed by atoms with Crippen LogP contribution in [-0.4, -0.2) is 47.3 Å². The van der Waals surface area contributed by atoms with Crippen LogP contribution in [0.15, 0.2) is 28.7 Å². The van der Waals surface area contributed by atoms with Crippen LogP contribution in [0.25, 0.3) is 0 Å². The Bertz CT molecular complexity index is 653. The summed E-state index contributed by atoms with van der Waals surface area (Å²) >= 11 is 3.34. The van der Waals surface area contributed by atoms with Gasteiger partial charge in [0.25, 0.3) is 0 Å². The summed E-state index contributed by atoms with van der Waals surface area (Å²) in [6.07, 6.45) is -1.19. The molecule has 0 unspecified atom stereocenters. The van der Waals surface area contributed by atoms with E-state index >= 15 is 0 Å². The molecule has 1 aromatic carbocycles. The zero-order chi connectivity index (χ0) is 20.6. The standard InChI is InChI=1S/C19H26BrNO6/c1-5-26-17(24)15(22)11-14(10-12-6-8-13(20)9-7-12)21-16(23)18(25)27-19(2,3)4/h6-9,14-15,22H,5,10-11H2,1-4H3,(H,21,23)/t14-,15-/m1/s1. The fraction of sp³-hybridized carbons (Fsp3) is 0.526. The summed E-state index contributed by atoms with van der Waals surface area (Å²) in [4.78, 5) is 35.8. The van der Waals surface area contributed by atoms with Gasteiger partial charge in [-0.25, -0.2) is 9.59 Å². The van der Waals surface area contributed by atoms with Crippen LogP contribution in [0, 0.1) is 0 Å². The van der Waals surface area contributed by atoms with E-state index in [9.17, 15) is 19.5 Å². The summed E-state index contributed by atoms with van der Waals surface area (Å²) in [5.74, 6) is -2.72. The van der Waals surface area contributed by atoms with Crippen LogP contribution in [0.2, 0.25) is 0 Å². The minimum absolute atomic E-state index is 0.0938. The minimum Gasteiger partial charge on any atom is -0.464 e. The number of hydrogen-bond donors (Lipinski definition) is 2. The second-order valence-corrected chi connectivity index (χ2v) is 7.92. The molecule has 0 bridgehead atoms. The van der Waals surface area contributed by atoms with Crippen LogP contribution in [-0.2, 0) is 30.3 Å². The van der Waals surface area contributed by atoms with Crippen molar-refractivity contribution >= 4 is 33.8 Å². The molecule has 0 heterocycles. The zero-order valence-electron chi connectivity index (χ0n) is 16.0. The highest BCUT2D eigenvalue weighted by molar-refractivity contribution is 9.10. The molecule has 0 saturated carbocycles. The van der Waals surface area contributed by atoms with Gasteiger partial charge in [0.15, 0.2) is 6.10 Å². The number of benzene rings is 1. The highest BCUT2D eigenvalue weighted by Gasteiger charge is 2.28. The fourth-order valence-corrected chi connectivity index (χ4v) is 2.54. The molecular weight excluding hydrogens is 418 g/mol. The van der Waals surface area contributed by atoms with Crippen molar-refractivity contribution in [2.24, 2.45) is 0 Å². The molecule has 150 valence electrons. The van der Waals surface area contributed by atoms with Gasteiger partial charge >= 0.3 is 17.8 Å². The Morgan fingerprint density at radius 1 is 1.19 bits per heavy atom. The van der Waals surface area contributed by atoms with Crippen molar-refractivity contribution in [1.82, 2.24) is 5.32 Å². The fourth-order valence-electron chi connectivity index (χ4n) is 2.27. The number of nitrogens with one attached hydrogen (secondary N) is 1. The zero-order valence-corrected chi connectivity index (χ0v) is 17.5. The number of aliphatic hydroxyl groups is 1. The third-order valence-corrected chi connectivity index (χ3v) is 3.91. The first-order chi connectivity index (χ1) is 12.5. The second kappa shape index (κ2) is 10.4. The molecular formula is C19H26BrNO6. The highest BCUT2D eigenvalue weighted by atomic mass is 79.9. The van der Waals surface area contributed by atoms with Gasteiger partial charge in [0.2, 0.25) is 0 Å². The summed E-state index contributed by atoms with van der Waals surface area (Å²) in [6, 6.07) is 6.69. The average molecular weight is 444 g/mol. The van der Waals surface area contributed by atoms with Crippen molar-refractivity contribution < 1.29 is 29.0 Å². The van der Waals surface area contributed by atoms with Gasteiger partial charge in [0, 0.05) is 16.9 Å². The van der Waals surface area contributed by atoms with Crippen LogP contribution in [0.5, 0.6) is 0 Å². The average Bonchev–Trinajstić information content (AvgIpc) is 2.55. The molecule has 27 heavy (non-hydrogen) atoms. The monoisotopic (exact) mass is 443 g/mol. The second-order valence-electron chi connectivity index (χ2n) is 7.01. The maximum absolute atomic E-state index is 12.2. The predicted molar refractivity (Wildman–Crippen MR) is 103 cm³/mol. The van der Waals surface area contributed by atoms with E-state index in [2.05, 4.69) is 21.2 Å². The molecule has 7 nitrogen and oxygen atoms in total. The molecule has 1 aromatic rings. The van der Waals surface area contributed by atoms with Crippen molar-refractivity contribution in [2.75, 3.05) is 6.61 Å².